The Bertz CT molecular complexity index is 1470. The summed E-state index contributed by atoms with van der Waals surface area (Å²) in [5.74, 6) is 0. The van der Waals surface area contributed by atoms with Gasteiger partial charge in [0, 0.05) is 21.8 Å². The predicted octanol–water partition coefficient (Wildman–Crippen LogP) is 9.89. The smallest absolute Gasteiger partial charge is 0.152 e. The number of halogens is 3. The van der Waals surface area contributed by atoms with Crippen LogP contribution in [0.25, 0.3) is 10.2 Å². The van der Waals surface area contributed by atoms with E-state index in [0.717, 1.165) is 30.8 Å². The molecule has 5 aromatic rings. The Balaban J connectivity index is 1.43. The number of nitrogens with zero attached hydrogens (tertiary/aromatic N) is 2. The van der Waals surface area contributed by atoms with Crippen molar-refractivity contribution in [1.29, 1.82) is 0 Å². The molecule has 0 aliphatic rings. The lowest BCUT2D eigenvalue weighted by Crippen LogP contribution is -1.96. The molecule has 4 aromatic carbocycles. The number of benzene rings is 4. The number of rotatable bonds is 6. The molecular formula is C27H17Cl3N2S2. The van der Waals surface area contributed by atoms with Crippen LogP contribution >= 0.6 is 57.9 Å². The van der Waals surface area contributed by atoms with Crippen LogP contribution < -0.4 is 0 Å². The third kappa shape index (κ3) is 5.48. The molecular weight excluding hydrogens is 523 g/mol. The van der Waals surface area contributed by atoms with E-state index in [-0.39, 0.29) is 5.25 Å². The minimum absolute atomic E-state index is 0.114. The van der Waals surface area contributed by atoms with Crippen LogP contribution in [0.4, 0.5) is 5.69 Å². The molecule has 1 aromatic heterocycles. The molecule has 0 unspecified atom stereocenters. The van der Waals surface area contributed by atoms with Gasteiger partial charge in [-0.2, -0.15) is 0 Å². The van der Waals surface area contributed by atoms with Gasteiger partial charge in [-0.3, -0.25) is 4.99 Å². The van der Waals surface area contributed by atoms with Gasteiger partial charge in [0.1, 0.15) is 0 Å². The number of hydrogen-bond acceptors (Lipinski definition) is 4. The van der Waals surface area contributed by atoms with E-state index in [9.17, 15) is 0 Å². The zero-order valence-electron chi connectivity index (χ0n) is 17.7. The number of aliphatic imine (C=N–C) groups is 1. The van der Waals surface area contributed by atoms with Gasteiger partial charge in [0.05, 0.1) is 26.2 Å². The zero-order valence-corrected chi connectivity index (χ0v) is 21.6. The first-order valence-corrected chi connectivity index (χ1v) is 13.2. The largest absolute Gasteiger partial charge is 0.256 e. The van der Waals surface area contributed by atoms with Gasteiger partial charge in [0.2, 0.25) is 0 Å². The van der Waals surface area contributed by atoms with Crippen LogP contribution in [-0.4, -0.2) is 11.2 Å². The molecule has 1 heterocycles. The maximum atomic E-state index is 6.26. The summed E-state index contributed by atoms with van der Waals surface area (Å²) < 4.78 is 2.09. The first kappa shape index (κ1) is 23.4. The van der Waals surface area contributed by atoms with E-state index in [1.807, 2.05) is 36.4 Å². The third-order valence-corrected chi connectivity index (χ3v) is 8.40. The summed E-state index contributed by atoms with van der Waals surface area (Å²) in [5, 5.41) is 2.02. The molecule has 0 radical (unpaired) electrons. The number of hydrogen-bond donors (Lipinski definition) is 0. The molecule has 0 aliphatic carbocycles. The molecule has 0 amide bonds. The van der Waals surface area contributed by atoms with Crippen LogP contribution in [0.3, 0.4) is 0 Å². The molecule has 0 N–H and O–H groups in total. The number of fused-ring (bicyclic) bond motifs is 1. The monoisotopic (exact) mass is 538 g/mol. The Morgan fingerprint density at radius 2 is 1.53 bits per heavy atom. The Morgan fingerprint density at radius 3 is 2.29 bits per heavy atom. The number of thioether (sulfide) groups is 1. The van der Waals surface area contributed by atoms with Gasteiger partial charge < -0.3 is 0 Å². The summed E-state index contributed by atoms with van der Waals surface area (Å²) in [5.41, 5.74) is 5.03. The van der Waals surface area contributed by atoms with E-state index in [1.165, 1.54) is 11.1 Å². The molecule has 1 atom stereocenters. The van der Waals surface area contributed by atoms with Crippen LogP contribution in [0.15, 0.2) is 100 Å². The predicted molar refractivity (Wildman–Crippen MR) is 149 cm³/mol. The molecule has 2 nitrogen and oxygen atoms in total. The average molecular weight is 540 g/mol. The summed E-state index contributed by atoms with van der Waals surface area (Å²) in [7, 11) is 0. The second-order valence-corrected chi connectivity index (χ2v) is 11.2. The van der Waals surface area contributed by atoms with Crippen LogP contribution in [-0.2, 0) is 0 Å². The van der Waals surface area contributed by atoms with Gasteiger partial charge in [-0.05, 0) is 53.6 Å². The Labute approximate surface area is 221 Å². The van der Waals surface area contributed by atoms with Crippen molar-refractivity contribution in [3.05, 3.63) is 123 Å². The van der Waals surface area contributed by atoms with Crippen LogP contribution in [0.2, 0.25) is 15.1 Å². The SMILES string of the molecule is Clc1ccc([C@@H](Sc2nc3ccc(N=Cc4ccc(Cl)cc4Cl)cc3s2)c2ccccc2)cc1. The fraction of sp³-hybridized carbons (Fsp3) is 0.0370. The summed E-state index contributed by atoms with van der Waals surface area (Å²) in [6, 6.07) is 29.9. The minimum atomic E-state index is 0.114. The normalized spacial score (nSPS) is 12.4. The van der Waals surface area contributed by atoms with Crippen LogP contribution in [0, 0.1) is 0 Å². The standard InChI is InChI=1S/C27H17Cl3N2S2/c28-20-9-6-18(7-10-20)26(17-4-2-1-3-5-17)34-27-32-24-13-12-22(15-25(24)33-27)31-16-19-8-11-21(29)14-23(19)30/h1-16,26H/t26-/m0/s1. The lowest BCUT2D eigenvalue weighted by molar-refractivity contribution is 1.14. The molecule has 0 saturated heterocycles. The van der Waals surface area contributed by atoms with Gasteiger partial charge >= 0.3 is 0 Å². The molecule has 0 aliphatic heterocycles. The maximum absolute atomic E-state index is 6.26. The Morgan fingerprint density at radius 1 is 0.794 bits per heavy atom. The lowest BCUT2D eigenvalue weighted by Gasteiger charge is -2.16. The van der Waals surface area contributed by atoms with Gasteiger partial charge in [0.25, 0.3) is 0 Å². The molecule has 7 heteroatoms. The quantitative estimate of drug-likeness (QED) is 0.158. The highest BCUT2D eigenvalue weighted by Crippen LogP contribution is 2.43. The summed E-state index contributed by atoms with van der Waals surface area (Å²) in [6.07, 6.45) is 1.75. The molecule has 0 spiro atoms. The number of thiazole rings is 1. The maximum Gasteiger partial charge on any atom is 0.152 e. The van der Waals surface area contributed by atoms with Gasteiger partial charge in [-0.1, -0.05) is 95.1 Å². The summed E-state index contributed by atoms with van der Waals surface area (Å²) in [4.78, 5) is 9.47. The second kappa shape index (κ2) is 10.5. The Kier molecular flexibility index (Phi) is 7.23. The molecule has 0 saturated carbocycles. The van der Waals surface area contributed by atoms with Crippen molar-refractivity contribution >= 4 is 80.0 Å². The highest BCUT2D eigenvalue weighted by atomic mass is 35.5. The zero-order chi connectivity index (χ0) is 23.5. The van der Waals surface area contributed by atoms with Crippen molar-refractivity contribution in [3.8, 4) is 0 Å². The van der Waals surface area contributed by atoms with Crippen molar-refractivity contribution in [2.45, 2.75) is 9.59 Å². The lowest BCUT2D eigenvalue weighted by atomic mass is 10.0. The van der Waals surface area contributed by atoms with Gasteiger partial charge in [-0.25, -0.2) is 4.98 Å². The van der Waals surface area contributed by atoms with Crippen molar-refractivity contribution in [2.75, 3.05) is 0 Å². The molecule has 5 rings (SSSR count). The van der Waals surface area contributed by atoms with Gasteiger partial charge in [-0.15, -0.1) is 11.3 Å². The fourth-order valence-electron chi connectivity index (χ4n) is 3.47. The molecule has 168 valence electrons. The highest BCUT2D eigenvalue weighted by molar-refractivity contribution is 8.01. The fourth-order valence-corrected chi connectivity index (χ4v) is 6.47. The second-order valence-electron chi connectivity index (χ2n) is 7.52. The van der Waals surface area contributed by atoms with E-state index in [2.05, 4.69) is 47.5 Å². The van der Waals surface area contributed by atoms with E-state index >= 15 is 0 Å². The average Bonchev–Trinajstić information content (AvgIpc) is 3.25. The topological polar surface area (TPSA) is 25.2 Å². The van der Waals surface area contributed by atoms with Crippen molar-refractivity contribution < 1.29 is 0 Å². The van der Waals surface area contributed by atoms with E-state index in [1.54, 1.807) is 41.4 Å². The molecule has 0 fully saturated rings. The first-order valence-electron chi connectivity index (χ1n) is 10.4. The highest BCUT2D eigenvalue weighted by Gasteiger charge is 2.18. The summed E-state index contributed by atoms with van der Waals surface area (Å²) in [6.45, 7) is 0. The molecule has 34 heavy (non-hydrogen) atoms. The summed E-state index contributed by atoms with van der Waals surface area (Å²) >= 11 is 21.8. The minimum Gasteiger partial charge on any atom is -0.256 e. The van der Waals surface area contributed by atoms with Crippen molar-refractivity contribution in [3.63, 3.8) is 0 Å². The molecule has 0 bridgehead atoms. The van der Waals surface area contributed by atoms with E-state index < -0.39 is 0 Å². The number of aromatic nitrogens is 1. The van der Waals surface area contributed by atoms with E-state index in [0.29, 0.717) is 10.0 Å². The first-order chi connectivity index (χ1) is 16.5. The van der Waals surface area contributed by atoms with Crippen LogP contribution in [0.1, 0.15) is 21.9 Å². The Hall–Kier alpha value is -2.34. The third-order valence-electron chi connectivity index (χ3n) is 5.16. The van der Waals surface area contributed by atoms with Crippen molar-refractivity contribution in [2.24, 2.45) is 4.99 Å². The van der Waals surface area contributed by atoms with Crippen LogP contribution in [0.5, 0.6) is 0 Å². The van der Waals surface area contributed by atoms with Gasteiger partial charge in [0.15, 0.2) is 4.34 Å². The van der Waals surface area contributed by atoms with Crippen molar-refractivity contribution in [1.82, 2.24) is 4.98 Å². The van der Waals surface area contributed by atoms with E-state index in [4.69, 9.17) is 39.8 Å².